The smallest absolute Gasteiger partial charge is 0.274 e. The summed E-state index contributed by atoms with van der Waals surface area (Å²) < 4.78 is 0. The Kier molecular flexibility index (Phi) is 4.22. The molecule has 1 heterocycles. The van der Waals surface area contributed by atoms with Gasteiger partial charge < -0.3 is 0 Å². The van der Waals surface area contributed by atoms with Gasteiger partial charge in [-0.2, -0.15) is 5.11 Å². The molecule has 6 heteroatoms. The van der Waals surface area contributed by atoms with Crippen molar-refractivity contribution in [3.63, 3.8) is 0 Å². The van der Waals surface area contributed by atoms with E-state index in [2.05, 4.69) is 10.3 Å². The van der Waals surface area contributed by atoms with E-state index < -0.39 is 0 Å². The van der Waals surface area contributed by atoms with E-state index in [0.29, 0.717) is 5.56 Å². The van der Waals surface area contributed by atoms with Gasteiger partial charge in [-0.3, -0.25) is 15.1 Å². The summed E-state index contributed by atoms with van der Waals surface area (Å²) in [5, 5.41) is 20.9. The third-order valence-corrected chi connectivity index (χ3v) is 2.95. The fraction of sp³-hybridized carbons (Fsp3) is 0.500. The van der Waals surface area contributed by atoms with Gasteiger partial charge in [0.05, 0.1) is 17.0 Å². The van der Waals surface area contributed by atoms with Gasteiger partial charge in [-0.15, -0.1) is 0 Å². The van der Waals surface area contributed by atoms with Crippen LogP contribution < -0.4 is 0 Å². The van der Waals surface area contributed by atoms with Crippen LogP contribution in [0.5, 0.6) is 0 Å². The Bertz CT molecular complexity index is 441. The molecule has 0 unspecified atom stereocenters. The molecule has 0 N–H and O–H groups in total. The van der Waals surface area contributed by atoms with E-state index in [9.17, 15) is 10.1 Å². The van der Waals surface area contributed by atoms with Crippen LogP contribution in [-0.2, 0) is 6.54 Å². The Morgan fingerprint density at radius 3 is 2.67 bits per heavy atom. The lowest BCUT2D eigenvalue weighted by Crippen LogP contribution is -2.23. The van der Waals surface area contributed by atoms with Crippen molar-refractivity contribution in [2.24, 2.45) is 10.3 Å². The Morgan fingerprint density at radius 1 is 1.22 bits per heavy atom. The van der Waals surface area contributed by atoms with Gasteiger partial charge in [0.2, 0.25) is 0 Å². The van der Waals surface area contributed by atoms with Gasteiger partial charge >= 0.3 is 0 Å². The highest BCUT2D eigenvalue weighted by molar-refractivity contribution is 5.39. The van der Waals surface area contributed by atoms with Crippen LogP contribution in [0.1, 0.15) is 24.8 Å². The van der Waals surface area contributed by atoms with Crippen LogP contribution in [0.25, 0.3) is 0 Å². The second-order valence-corrected chi connectivity index (χ2v) is 4.29. The molecule has 0 amide bonds. The highest BCUT2D eigenvalue weighted by Crippen LogP contribution is 2.18. The summed E-state index contributed by atoms with van der Waals surface area (Å²) in [6.07, 6.45) is 3.53. The van der Waals surface area contributed by atoms with Crippen LogP contribution in [0.4, 0.5) is 5.69 Å². The summed E-state index contributed by atoms with van der Waals surface area (Å²) in [4.78, 5) is 10.4. The molecule has 1 aliphatic rings. The molecular formula is C12H16N4O2. The highest BCUT2D eigenvalue weighted by atomic mass is 16.6. The molecule has 96 valence electrons. The molecular weight excluding hydrogens is 232 g/mol. The van der Waals surface area contributed by atoms with Crippen molar-refractivity contribution >= 4 is 5.69 Å². The predicted octanol–water partition coefficient (Wildman–Crippen LogP) is 2.95. The number of hydrogen-bond donors (Lipinski definition) is 0. The molecule has 0 aliphatic carbocycles. The standard InChI is InChI=1S/C12H16N4O2/c17-16(18)12-7-3-2-6-11(12)10-13-14-15-8-4-1-5-9-15/h2-3,6-7H,1,4-5,8-10H2. The maximum Gasteiger partial charge on any atom is 0.274 e. The molecule has 1 fully saturated rings. The molecule has 1 aromatic rings. The van der Waals surface area contributed by atoms with E-state index in [-0.39, 0.29) is 17.2 Å². The average Bonchev–Trinajstić information content (AvgIpc) is 2.40. The van der Waals surface area contributed by atoms with E-state index in [1.165, 1.54) is 12.5 Å². The molecule has 2 rings (SSSR count). The van der Waals surface area contributed by atoms with Gasteiger partial charge in [0.25, 0.3) is 5.69 Å². The Hall–Kier alpha value is -1.98. The Morgan fingerprint density at radius 2 is 1.94 bits per heavy atom. The first-order valence-electron chi connectivity index (χ1n) is 6.12. The van der Waals surface area contributed by atoms with Gasteiger partial charge in [0.15, 0.2) is 0 Å². The fourth-order valence-electron chi connectivity index (χ4n) is 1.99. The van der Waals surface area contributed by atoms with Crippen molar-refractivity contribution in [1.82, 2.24) is 5.01 Å². The number of piperidine rings is 1. The largest absolute Gasteiger partial charge is 0.279 e. The summed E-state index contributed by atoms with van der Waals surface area (Å²) in [6.45, 7) is 2.12. The maximum absolute atomic E-state index is 10.8. The van der Waals surface area contributed by atoms with Gasteiger partial charge in [0.1, 0.15) is 0 Å². The quantitative estimate of drug-likeness (QED) is 0.467. The van der Waals surface area contributed by atoms with Crippen LogP contribution in [0.15, 0.2) is 34.6 Å². The summed E-state index contributed by atoms with van der Waals surface area (Å²) in [6, 6.07) is 6.64. The van der Waals surface area contributed by atoms with Crippen LogP contribution in [0.3, 0.4) is 0 Å². The summed E-state index contributed by atoms with van der Waals surface area (Å²) in [5.74, 6) is 0. The molecule has 0 bridgehead atoms. The van der Waals surface area contributed by atoms with Crippen LogP contribution in [0, 0.1) is 10.1 Å². The lowest BCUT2D eigenvalue weighted by molar-refractivity contribution is -0.385. The minimum Gasteiger partial charge on any atom is -0.279 e. The Labute approximate surface area is 105 Å². The molecule has 1 aliphatic heterocycles. The van der Waals surface area contributed by atoms with E-state index in [1.807, 2.05) is 5.01 Å². The monoisotopic (exact) mass is 248 g/mol. The summed E-state index contributed by atoms with van der Waals surface area (Å²) >= 11 is 0. The van der Waals surface area contributed by atoms with Gasteiger partial charge in [-0.25, -0.2) is 0 Å². The third-order valence-electron chi connectivity index (χ3n) is 2.95. The van der Waals surface area contributed by atoms with Crippen molar-refractivity contribution in [2.75, 3.05) is 13.1 Å². The molecule has 18 heavy (non-hydrogen) atoms. The van der Waals surface area contributed by atoms with Crippen LogP contribution in [0.2, 0.25) is 0 Å². The van der Waals surface area contributed by atoms with Crippen LogP contribution >= 0.6 is 0 Å². The van der Waals surface area contributed by atoms with Crippen LogP contribution in [-0.4, -0.2) is 23.0 Å². The fourth-order valence-corrected chi connectivity index (χ4v) is 1.99. The molecule has 1 aromatic carbocycles. The van der Waals surface area contributed by atoms with Gasteiger partial charge in [0, 0.05) is 19.2 Å². The van der Waals surface area contributed by atoms with E-state index >= 15 is 0 Å². The lowest BCUT2D eigenvalue weighted by Gasteiger charge is -2.21. The molecule has 1 saturated heterocycles. The minimum absolute atomic E-state index is 0.107. The summed E-state index contributed by atoms with van der Waals surface area (Å²) in [7, 11) is 0. The van der Waals surface area contributed by atoms with Gasteiger partial charge in [-0.05, 0) is 19.3 Å². The number of rotatable bonds is 4. The normalized spacial score (nSPS) is 16.1. The van der Waals surface area contributed by atoms with Crippen molar-refractivity contribution < 1.29 is 4.92 Å². The predicted molar refractivity (Wildman–Crippen MR) is 67.1 cm³/mol. The Balaban J connectivity index is 1.97. The summed E-state index contributed by atoms with van der Waals surface area (Å²) in [5.41, 5.74) is 0.707. The molecule has 0 radical (unpaired) electrons. The number of para-hydroxylation sites is 1. The molecule has 0 aromatic heterocycles. The molecule has 0 spiro atoms. The van der Waals surface area contributed by atoms with Crippen molar-refractivity contribution in [2.45, 2.75) is 25.8 Å². The number of hydrogen-bond acceptors (Lipinski definition) is 4. The molecule has 0 saturated carbocycles. The second kappa shape index (κ2) is 6.09. The SMILES string of the molecule is O=[N+]([O-])c1ccccc1CN=NN1CCCCC1. The number of nitro groups is 1. The zero-order valence-corrected chi connectivity index (χ0v) is 10.2. The zero-order chi connectivity index (χ0) is 12.8. The average molecular weight is 248 g/mol. The highest BCUT2D eigenvalue weighted by Gasteiger charge is 2.12. The first-order chi connectivity index (χ1) is 8.77. The van der Waals surface area contributed by atoms with Crippen molar-refractivity contribution in [3.8, 4) is 0 Å². The first kappa shape index (κ1) is 12.5. The number of benzene rings is 1. The molecule has 0 atom stereocenters. The second-order valence-electron chi connectivity index (χ2n) is 4.29. The topological polar surface area (TPSA) is 71.1 Å². The van der Waals surface area contributed by atoms with E-state index in [1.54, 1.807) is 18.2 Å². The number of nitrogens with zero attached hydrogens (tertiary/aromatic N) is 4. The van der Waals surface area contributed by atoms with E-state index in [4.69, 9.17) is 0 Å². The van der Waals surface area contributed by atoms with Gasteiger partial charge in [-0.1, -0.05) is 23.4 Å². The third kappa shape index (κ3) is 3.26. The lowest BCUT2D eigenvalue weighted by atomic mass is 10.2. The molecule has 6 nitrogen and oxygen atoms in total. The first-order valence-corrected chi connectivity index (χ1v) is 6.12. The van der Waals surface area contributed by atoms with Crippen molar-refractivity contribution in [1.29, 1.82) is 0 Å². The van der Waals surface area contributed by atoms with Crippen molar-refractivity contribution in [3.05, 3.63) is 39.9 Å². The number of nitro benzene ring substituents is 1. The maximum atomic E-state index is 10.8. The van der Waals surface area contributed by atoms with E-state index in [0.717, 1.165) is 25.9 Å². The zero-order valence-electron chi connectivity index (χ0n) is 10.2. The minimum atomic E-state index is -0.383.